The summed E-state index contributed by atoms with van der Waals surface area (Å²) in [5.41, 5.74) is 0.966. The molecule has 3 fully saturated rings. The van der Waals surface area contributed by atoms with Gasteiger partial charge in [-0.25, -0.2) is 0 Å². The number of carbonyl (C=O) groups is 3. The van der Waals surface area contributed by atoms with Crippen LogP contribution in [-0.2, 0) is 26.5 Å². The van der Waals surface area contributed by atoms with E-state index in [-0.39, 0.29) is 37.4 Å². The molecule has 3 aromatic carbocycles. The van der Waals surface area contributed by atoms with Gasteiger partial charge in [-0.05, 0) is 74.7 Å². The largest absolute Gasteiger partial charge is 0.394 e. The summed E-state index contributed by atoms with van der Waals surface area (Å²) in [6, 6.07) is 25.0. The normalized spacial score (nSPS) is 24.0. The Morgan fingerprint density at radius 1 is 0.980 bits per heavy atom. The highest BCUT2D eigenvalue weighted by atomic mass is 16.3. The Kier molecular flexibility index (Phi) is 9.04. The van der Waals surface area contributed by atoms with Crippen LogP contribution in [0, 0.1) is 5.92 Å². The van der Waals surface area contributed by atoms with Gasteiger partial charge in [-0.15, -0.1) is 0 Å². The summed E-state index contributed by atoms with van der Waals surface area (Å²) in [7, 11) is 0. The second kappa shape index (κ2) is 13.4. The van der Waals surface area contributed by atoms with Gasteiger partial charge in [-0.1, -0.05) is 67.6 Å². The first-order valence-electron chi connectivity index (χ1n) is 17.4. The van der Waals surface area contributed by atoms with Gasteiger partial charge in [-0.2, -0.15) is 0 Å². The molecule has 3 atom stereocenters. The summed E-state index contributed by atoms with van der Waals surface area (Å²) in [6.45, 7) is 4.45. The number of anilines is 3. The number of carbonyl (C=O) groups excluding carboxylic acids is 3. The molecule has 1 spiro atoms. The molecule has 0 bridgehead atoms. The molecule has 0 radical (unpaired) electrons. The summed E-state index contributed by atoms with van der Waals surface area (Å²) in [6.07, 6.45) is 6.57. The second-order valence-electron chi connectivity index (χ2n) is 13.8. The van der Waals surface area contributed by atoms with Crippen molar-refractivity contribution in [1.29, 1.82) is 0 Å². The number of para-hydroxylation sites is 1. The summed E-state index contributed by atoms with van der Waals surface area (Å²) in [5.74, 6) is -1.19. The van der Waals surface area contributed by atoms with Crippen molar-refractivity contribution < 1.29 is 24.6 Å². The zero-order valence-corrected chi connectivity index (χ0v) is 28.0. The van der Waals surface area contributed by atoms with Crippen molar-refractivity contribution in [3.05, 3.63) is 102 Å². The second-order valence-corrected chi connectivity index (χ2v) is 13.8. The van der Waals surface area contributed by atoms with Gasteiger partial charge in [0.15, 0.2) is 5.60 Å². The quantitative estimate of drug-likeness (QED) is 0.298. The number of hydrogen-bond donors (Lipinski definition) is 3. The third-order valence-corrected chi connectivity index (χ3v) is 11.0. The van der Waals surface area contributed by atoms with Crippen molar-refractivity contribution >= 4 is 34.8 Å². The van der Waals surface area contributed by atoms with Crippen molar-refractivity contribution in [2.45, 2.75) is 62.8 Å². The standard InChI is InChI=1S/C39H45N5O5/c1-28(10-8-16-35(46)41-23-9-15-32(41)26-45)39(49)33-24-31(17-18-34(33)42(37(39)48)25-29-11-4-2-5-12-29)43-27-44(30-13-6-3-7-14-30)38(36(43)47)19-21-40-22-20-38/h2-8,10-14,17-18,24,28,32,40,45,49H,9,15-16,19-23,25-27H2,1H3/b10-8+/t28-,32-,39+/m0/s1. The molecule has 49 heavy (non-hydrogen) atoms. The third kappa shape index (κ3) is 5.71. The molecule has 7 rings (SSSR count). The van der Waals surface area contributed by atoms with Gasteiger partial charge in [0.2, 0.25) is 5.91 Å². The maximum absolute atomic E-state index is 14.4. The lowest BCUT2D eigenvalue weighted by atomic mass is 9.82. The number of amides is 3. The molecule has 10 nitrogen and oxygen atoms in total. The number of likely N-dealkylation sites (tertiary alicyclic amines) is 1. The molecule has 0 aliphatic carbocycles. The van der Waals surface area contributed by atoms with E-state index in [4.69, 9.17) is 0 Å². The first-order valence-corrected chi connectivity index (χ1v) is 17.4. The van der Waals surface area contributed by atoms with Crippen molar-refractivity contribution in [2.24, 2.45) is 5.92 Å². The van der Waals surface area contributed by atoms with Crippen molar-refractivity contribution in [2.75, 3.05) is 47.6 Å². The van der Waals surface area contributed by atoms with Gasteiger partial charge >= 0.3 is 0 Å². The van der Waals surface area contributed by atoms with Gasteiger partial charge in [0, 0.05) is 35.8 Å². The number of nitrogens with one attached hydrogen (secondary N) is 1. The minimum Gasteiger partial charge on any atom is -0.394 e. The van der Waals surface area contributed by atoms with E-state index in [2.05, 4.69) is 10.2 Å². The number of nitrogens with zero attached hydrogens (tertiary/aromatic N) is 4. The molecule has 10 heteroatoms. The fraction of sp³-hybridized carbons (Fsp3) is 0.410. The van der Waals surface area contributed by atoms with Crippen molar-refractivity contribution in [3.63, 3.8) is 0 Å². The average Bonchev–Trinajstić information content (AvgIpc) is 3.79. The van der Waals surface area contributed by atoms with Crippen LogP contribution in [0.4, 0.5) is 17.1 Å². The van der Waals surface area contributed by atoms with Crippen LogP contribution in [0.1, 0.15) is 50.2 Å². The van der Waals surface area contributed by atoms with Crippen LogP contribution in [0.5, 0.6) is 0 Å². The van der Waals surface area contributed by atoms with E-state index >= 15 is 0 Å². The van der Waals surface area contributed by atoms with E-state index in [1.807, 2.05) is 78.9 Å². The maximum Gasteiger partial charge on any atom is 0.264 e. The lowest BCUT2D eigenvalue weighted by molar-refractivity contribution is -0.139. The lowest BCUT2D eigenvalue weighted by Gasteiger charge is -2.39. The Bertz CT molecular complexity index is 1730. The molecule has 256 valence electrons. The number of hydrogen-bond acceptors (Lipinski definition) is 7. The molecular weight excluding hydrogens is 618 g/mol. The van der Waals surface area contributed by atoms with Crippen LogP contribution in [0.25, 0.3) is 0 Å². The van der Waals surface area contributed by atoms with Crippen molar-refractivity contribution in [3.8, 4) is 0 Å². The van der Waals surface area contributed by atoms with E-state index in [0.29, 0.717) is 43.0 Å². The Morgan fingerprint density at radius 2 is 1.69 bits per heavy atom. The molecule has 0 saturated carbocycles. The van der Waals surface area contributed by atoms with Crippen molar-refractivity contribution in [1.82, 2.24) is 10.2 Å². The highest BCUT2D eigenvalue weighted by Gasteiger charge is 2.55. The molecule has 3 saturated heterocycles. The molecule has 0 unspecified atom stereocenters. The van der Waals surface area contributed by atoms with Gasteiger partial charge in [0.1, 0.15) is 5.54 Å². The maximum atomic E-state index is 14.4. The summed E-state index contributed by atoms with van der Waals surface area (Å²) < 4.78 is 0. The topological polar surface area (TPSA) is 117 Å². The van der Waals surface area contributed by atoms with Gasteiger partial charge in [0.05, 0.1) is 31.5 Å². The number of fused-ring (bicyclic) bond motifs is 1. The van der Waals surface area contributed by atoms with Crippen LogP contribution in [-0.4, -0.2) is 77.3 Å². The van der Waals surface area contributed by atoms with Crippen LogP contribution < -0.4 is 20.0 Å². The summed E-state index contributed by atoms with van der Waals surface area (Å²) >= 11 is 0. The predicted molar refractivity (Wildman–Crippen MR) is 189 cm³/mol. The van der Waals surface area contributed by atoms with Crippen LogP contribution in [0.3, 0.4) is 0 Å². The number of benzene rings is 3. The van der Waals surface area contributed by atoms with Crippen LogP contribution in [0.15, 0.2) is 91.0 Å². The van der Waals surface area contributed by atoms with E-state index < -0.39 is 23.0 Å². The Labute approximate surface area is 287 Å². The van der Waals surface area contributed by atoms with E-state index in [1.165, 1.54) is 0 Å². The Balaban J connectivity index is 1.23. The first-order chi connectivity index (χ1) is 23.8. The van der Waals surface area contributed by atoms with E-state index in [0.717, 1.165) is 37.2 Å². The van der Waals surface area contributed by atoms with Gasteiger partial charge in [-0.3, -0.25) is 19.3 Å². The lowest BCUT2D eigenvalue weighted by Crippen LogP contribution is -2.55. The molecular formula is C39H45N5O5. The molecule has 3 amide bonds. The zero-order chi connectivity index (χ0) is 34.2. The Hall–Kier alpha value is -4.51. The van der Waals surface area contributed by atoms with Gasteiger partial charge < -0.3 is 30.2 Å². The van der Waals surface area contributed by atoms with E-state index in [9.17, 15) is 24.6 Å². The number of aliphatic hydroxyl groups is 2. The van der Waals surface area contributed by atoms with Crippen LogP contribution in [0.2, 0.25) is 0 Å². The zero-order valence-electron chi connectivity index (χ0n) is 28.0. The average molecular weight is 664 g/mol. The fourth-order valence-electron chi connectivity index (χ4n) is 8.18. The minimum absolute atomic E-state index is 0.0151. The highest BCUT2D eigenvalue weighted by Crippen LogP contribution is 2.48. The molecule has 0 aromatic heterocycles. The number of aliphatic hydroxyl groups excluding tert-OH is 1. The molecule has 4 aliphatic rings. The van der Waals surface area contributed by atoms with E-state index in [1.54, 1.807) is 33.8 Å². The smallest absolute Gasteiger partial charge is 0.264 e. The summed E-state index contributed by atoms with van der Waals surface area (Å²) in [5, 5.41) is 25.6. The Morgan fingerprint density at radius 3 is 2.41 bits per heavy atom. The molecule has 4 aliphatic heterocycles. The highest BCUT2D eigenvalue weighted by molar-refractivity contribution is 6.09. The molecule has 3 N–H and O–H groups in total. The fourth-order valence-corrected chi connectivity index (χ4v) is 8.18. The third-order valence-electron chi connectivity index (χ3n) is 11.0. The minimum atomic E-state index is -1.92. The first kappa shape index (κ1) is 33.0. The monoisotopic (exact) mass is 663 g/mol. The predicted octanol–water partition coefficient (Wildman–Crippen LogP) is 3.92. The molecule has 3 aromatic rings. The number of rotatable bonds is 9. The molecule has 4 heterocycles. The SMILES string of the molecule is C[C@@H](/C=C/CC(=O)N1CCC[C@H]1CO)[C@]1(O)C(=O)N(Cc2ccccc2)c2ccc(N3CN(c4ccccc4)C4(CCNCC4)C3=O)cc21. The number of piperidine rings is 1. The summed E-state index contributed by atoms with van der Waals surface area (Å²) in [4.78, 5) is 49.1. The van der Waals surface area contributed by atoms with Crippen LogP contribution >= 0.6 is 0 Å². The van der Waals surface area contributed by atoms with Gasteiger partial charge in [0.25, 0.3) is 11.8 Å².